The van der Waals surface area contributed by atoms with Crippen LogP contribution in [-0.4, -0.2) is 34.0 Å². The number of benzene rings is 1. The zero-order valence-electron chi connectivity index (χ0n) is 14.2. The third kappa shape index (κ3) is 2.72. The van der Waals surface area contributed by atoms with Gasteiger partial charge >= 0.3 is 0 Å². The predicted octanol–water partition coefficient (Wildman–Crippen LogP) is 3.38. The molecular weight excluding hydrogens is 348 g/mol. The van der Waals surface area contributed by atoms with E-state index in [1.807, 2.05) is 48.8 Å². The maximum Gasteiger partial charge on any atom is 0.100 e. The first-order valence-electron chi connectivity index (χ1n) is 8.87. The van der Waals surface area contributed by atoms with Gasteiger partial charge in [-0.05, 0) is 29.8 Å². The summed E-state index contributed by atoms with van der Waals surface area (Å²) in [7, 11) is 0. The summed E-state index contributed by atoms with van der Waals surface area (Å²) in [6.45, 7) is 3.36. The summed E-state index contributed by atoms with van der Waals surface area (Å²) in [5.74, 6) is 0.579. The van der Waals surface area contributed by atoms with E-state index >= 15 is 0 Å². The van der Waals surface area contributed by atoms with Gasteiger partial charge in [0.15, 0.2) is 0 Å². The molecule has 0 aliphatic carbocycles. The van der Waals surface area contributed by atoms with E-state index in [9.17, 15) is 0 Å². The summed E-state index contributed by atoms with van der Waals surface area (Å²) in [4.78, 5) is 4.16. The second-order valence-electron chi connectivity index (χ2n) is 6.88. The molecule has 2 aromatic heterocycles. The molecule has 1 saturated heterocycles. The number of pyridine rings is 1. The van der Waals surface area contributed by atoms with Gasteiger partial charge in [0.05, 0.1) is 25.5 Å². The minimum atomic E-state index is 0.416. The molecule has 2 aliphatic heterocycles. The maximum atomic E-state index is 6.08. The van der Waals surface area contributed by atoms with Crippen LogP contribution in [0.5, 0.6) is 0 Å². The van der Waals surface area contributed by atoms with Crippen LogP contribution in [0.2, 0.25) is 5.02 Å². The summed E-state index contributed by atoms with van der Waals surface area (Å²) in [6.07, 6.45) is 3.66. The SMILES string of the molecule is Clc1ccc(-c2nn3c(c2-c2ccncc2)CNC(C2COC2)C3)cc1. The van der Waals surface area contributed by atoms with Crippen molar-refractivity contribution in [3.63, 3.8) is 0 Å². The molecule has 132 valence electrons. The molecule has 0 bridgehead atoms. The lowest BCUT2D eigenvalue weighted by atomic mass is 9.95. The van der Waals surface area contributed by atoms with E-state index in [0.29, 0.717) is 12.0 Å². The number of rotatable bonds is 3. The third-order valence-electron chi connectivity index (χ3n) is 5.28. The largest absolute Gasteiger partial charge is 0.381 e. The van der Waals surface area contributed by atoms with Crippen LogP contribution in [0.1, 0.15) is 5.69 Å². The van der Waals surface area contributed by atoms with Crippen LogP contribution in [0, 0.1) is 5.92 Å². The Bertz CT molecular complexity index is 919. The Labute approximate surface area is 157 Å². The van der Waals surface area contributed by atoms with Crippen molar-refractivity contribution in [2.75, 3.05) is 13.2 Å². The van der Waals surface area contributed by atoms with Crippen LogP contribution >= 0.6 is 11.6 Å². The molecule has 0 amide bonds. The first kappa shape index (κ1) is 16.0. The van der Waals surface area contributed by atoms with Crippen LogP contribution in [0.3, 0.4) is 0 Å². The van der Waals surface area contributed by atoms with E-state index in [-0.39, 0.29) is 0 Å². The Morgan fingerprint density at radius 3 is 2.50 bits per heavy atom. The summed E-state index contributed by atoms with van der Waals surface area (Å²) in [6, 6.07) is 12.4. The first-order chi connectivity index (χ1) is 12.8. The quantitative estimate of drug-likeness (QED) is 0.772. The number of halogens is 1. The zero-order chi connectivity index (χ0) is 17.5. The lowest BCUT2D eigenvalue weighted by molar-refractivity contribution is -0.0550. The van der Waals surface area contributed by atoms with Gasteiger partial charge in [0.25, 0.3) is 0 Å². The second-order valence-corrected chi connectivity index (χ2v) is 7.32. The number of hydrogen-bond donors (Lipinski definition) is 1. The molecule has 1 fully saturated rings. The highest BCUT2D eigenvalue weighted by Gasteiger charge is 2.33. The van der Waals surface area contributed by atoms with Gasteiger partial charge in [0.2, 0.25) is 0 Å². The molecule has 0 radical (unpaired) electrons. The van der Waals surface area contributed by atoms with Gasteiger partial charge in [0, 0.05) is 47.0 Å². The molecule has 0 saturated carbocycles. The molecule has 6 heteroatoms. The highest BCUT2D eigenvalue weighted by molar-refractivity contribution is 6.30. The summed E-state index contributed by atoms with van der Waals surface area (Å²) in [5, 5.41) is 9.41. The Kier molecular flexibility index (Phi) is 4.00. The molecular formula is C20H19ClN4O. The summed E-state index contributed by atoms with van der Waals surface area (Å²) >= 11 is 6.08. The number of nitrogens with zero attached hydrogens (tertiary/aromatic N) is 3. The van der Waals surface area contributed by atoms with Crippen molar-refractivity contribution in [2.24, 2.45) is 5.92 Å². The molecule has 1 atom stereocenters. The molecule has 3 aromatic rings. The van der Waals surface area contributed by atoms with Gasteiger partial charge in [-0.1, -0.05) is 23.7 Å². The Morgan fingerprint density at radius 2 is 1.81 bits per heavy atom. The van der Waals surface area contributed by atoms with E-state index in [4.69, 9.17) is 21.4 Å². The van der Waals surface area contributed by atoms with Crippen LogP contribution in [0.25, 0.3) is 22.4 Å². The van der Waals surface area contributed by atoms with E-state index in [1.54, 1.807) is 0 Å². The van der Waals surface area contributed by atoms with Gasteiger partial charge < -0.3 is 10.1 Å². The van der Waals surface area contributed by atoms with Crippen LogP contribution in [0.4, 0.5) is 0 Å². The van der Waals surface area contributed by atoms with Gasteiger partial charge in [0.1, 0.15) is 5.69 Å². The Morgan fingerprint density at radius 1 is 1.04 bits per heavy atom. The van der Waals surface area contributed by atoms with Crippen LogP contribution < -0.4 is 5.32 Å². The highest BCUT2D eigenvalue weighted by atomic mass is 35.5. The van der Waals surface area contributed by atoms with E-state index in [1.165, 1.54) is 11.3 Å². The molecule has 26 heavy (non-hydrogen) atoms. The molecule has 5 rings (SSSR count). The van der Waals surface area contributed by atoms with Crippen molar-refractivity contribution in [2.45, 2.75) is 19.1 Å². The van der Waals surface area contributed by atoms with Gasteiger partial charge in [-0.3, -0.25) is 9.67 Å². The van der Waals surface area contributed by atoms with Crippen molar-refractivity contribution in [1.82, 2.24) is 20.1 Å². The minimum Gasteiger partial charge on any atom is -0.381 e. The fourth-order valence-electron chi connectivity index (χ4n) is 3.74. The molecule has 1 aromatic carbocycles. The van der Waals surface area contributed by atoms with Crippen LogP contribution in [0.15, 0.2) is 48.8 Å². The molecule has 4 heterocycles. The smallest absolute Gasteiger partial charge is 0.100 e. The molecule has 2 aliphatic rings. The summed E-state index contributed by atoms with van der Waals surface area (Å²) in [5.41, 5.74) is 5.60. The number of fused-ring (bicyclic) bond motifs is 1. The zero-order valence-corrected chi connectivity index (χ0v) is 15.0. The number of aromatic nitrogens is 3. The van der Waals surface area contributed by atoms with E-state index in [2.05, 4.69) is 15.0 Å². The molecule has 0 spiro atoms. The van der Waals surface area contributed by atoms with Gasteiger partial charge in [-0.15, -0.1) is 0 Å². The molecule has 1 unspecified atom stereocenters. The molecule has 5 nitrogen and oxygen atoms in total. The standard InChI is InChI=1S/C20H19ClN4O/c21-16-3-1-14(2-4-16)20-19(13-5-7-22-8-6-13)18-9-23-17(10-25(18)24-20)15-11-26-12-15/h1-8,15,17,23H,9-12H2. The first-order valence-corrected chi connectivity index (χ1v) is 9.24. The minimum absolute atomic E-state index is 0.416. The topological polar surface area (TPSA) is 52.0 Å². The van der Waals surface area contributed by atoms with E-state index in [0.717, 1.165) is 48.1 Å². The lowest BCUT2D eigenvalue weighted by Gasteiger charge is -2.37. The number of ether oxygens (including phenoxy) is 1. The van der Waals surface area contributed by atoms with Gasteiger partial charge in [-0.25, -0.2) is 0 Å². The van der Waals surface area contributed by atoms with E-state index < -0.39 is 0 Å². The van der Waals surface area contributed by atoms with Crippen molar-refractivity contribution >= 4 is 11.6 Å². The second kappa shape index (κ2) is 6.50. The lowest BCUT2D eigenvalue weighted by Crippen LogP contribution is -2.51. The summed E-state index contributed by atoms with van der Waals surface area (Å²) < 4.78 is 7.53. The van der Waals surface area contributed by atoms with Crippen molar-refractivity contribution in [1.29, 1.82) is 0 Å². The third-order valence-corrected chi connectivity index (χ3v) is 5.53. The molecule has 1 N–H and O–H groups in total. The van der Waals surface area contributed by atoms with Crippen molar-refractivity contribution < 1.29 is 4.74 Å². The maximum absolute atomic E-state index is 6.08. The fourth-order valence-corrected chi connectivity index (χ4v) is 3.87. The highest BCUT2D eigenvalue weighted by Crippen LogP contribution is 2.36. The fraction of sp³-hybridized carbons (Fsp3) is 0.300. The van der Waals surface area contributed by atoms with Crippen molar-refractivity contribution in [3.05, 3.63) is 59.5 Å². The number of hydrogen-bond acceptors (Lipinski definition) is 4. The van der Waals surface area contributed by atoms with Crippen LogP contribution in [-0.2, 0) is 17.8 Å². The van der Waals surface area contributed by atoms with Crippen molar-refractivity contribution in [3.8, 4) is 22.4 Å². The number of nitrogens with one attached hydrogen (secondary N) is 1. The van der Waals surface area contributed by atoms with Gasteiger partial charge in [-0.2, -0.15) is 5.10 Å². The monoisotopic (exact) mass is 366 g/mol. The normalized spacial score (nSPS) is 19.8. The predicted molar refractivity (Wildman–Crippen MR) is 101 cm³/mol. The average Bonchev–Trinajstić information content (AvgIpc) is 3.00. The average molecular weight is 367 g/mol. The Balaban J connectivity index is 1.62. The Hall–Kier alpha value is -2.21.